The summed E-state index contributed by atoms with van der Waals surface area (Å²) >= 11 is 3.57. The lowest BCUT2D eigenvalue weighted by Crippen LogP contribution is -2.27. The minimum atomic E-state index is -0.293. The largest absolute Gasteiger partial charge is 0.493 e. The average Bonchev–Trinajstić information content (AvgIpc) is 2.85. The zero-order chi connectivity index (χ0) is 15.0. The van der Waals surface area contributed by atoms with Gasteiger partial charge in [-0.3, -0.25) is 0 Å². The Kier molecular flexibility index (Phi) is 4.41. The molecule has 0 saturated heterocycles. The first-order chi connectivity index (χ1) is 10.0. The molecule has 3 atom stereocenters. The molecule has 114 valence electrons. The maximum Gasteiger partial charge on any atom is 0.125 e. The predicted octanol–water partition coefficient (Wildman–Crippen LogP) is 4.28. The van der Waals surface area contributed by atoms with Gasteiger partial charge in [0.2, 0.25) is 0 Å². The predicted molar refractivity (Wildman–Crippen MR) is 88.7 cm³/mol. The van der Waals surface area contributed by atoms with Crippen molar-refractivity contribution in [3.8, 4) is 5.75 Å². The quantitative estimate of drug-likeness (QED) is 0.824. The lowest BCUT2D eigenvalue weighted by atomic mass is 9.79. The van der Waals surface area contributed by atoms with E-state index >= 15 is 0 Å². The summed E-state index contributed by atoms with van der Waals surface area (Å²) in [5, 5.41) is 10.7. The molecule has 0 amide bonds. The highest BCUT2D eigenvalue weighted by Crippen LogP contribution is 2.36. The summed E-state index contributed by atoms with van der Waals surface area (Å²) in [5.41, 5.74) is 3.82. The fourth-order valence-electron chi connectivity index (χ4n) is 3.78. The van der Waals surface area contributed by atoms with Crippen molar-refractivity contribution in [1.29, 1.82) is 0 Å². The highest BCUT2D eigenvalue weighted by Gasteiger charge is 2.27. The minimum absolute atomic E-state index is 0.293. The van der Waals surface area contributed by atoms with Crippen molar-refractivity contribution in [2.45, 2.75) is 45.6 Å². The van der Waals surface area contributed by atoms with Crippen LogP contribution in [-0.4, -0.2) is 17.8 Å². The summed E-state index contributed by atoms with van der Waals surface area (Å²) in [6.45, 7) is 5.18. The monoisotopic (exact) mass is 350 g/mol. The Bertz CT molecular complexity index is 565. The highest BCUT2D eigenvalue weighted by atomic mass is 79.9. The van der Waals surface area contributed by atoms with Crippen LogP contribution in [-0.2, 0) is 12.8 Å². The van der Waals surface area contributed by atoms with E-state index in [4.69, 9.17) is 4.74 Å². The van der Waals surface area contributed by atoms with E-state index in [1.54, 1.807) is 0 Å². The van der Waals surface area contributed by atoms with Crippen LogP contribution in [0.4, 0.5) is 0 Å². The van der Waals surface area contributed by atoms with Crippen molar-refractivity contribution in [3.05, 3.63) is 39.4 Å². The van der Waals surface area contributed by atoms with Crippen molar-refractivity contribution in [2.24, 2.45) is 11.8 Å². The molecule has 0 aromatic heterocycles. The summed E-state index contributed by atoms with van der Waals surface area (Å²) in [6.07, 6.45) is 5.80. The third kappa shape index (κ3) is 3.35. The van der Waals surface area contributed by atoms with E-state index in [9.17, 15) is 5.11 Å². The Labute approximate surface area is 135 Å². The first-order valence-electron chi connectivity index (χ1n) is 7.82. The van der Waals surface area contributed by atoms with Crippen LogP contribution >= 0.6 is 15.9 Å². The number of rotatable bonds is 3. The first kappa shape index (κ1) is 15.1. The second-order valence-corrected chi connectivity index (χ2v) is 7.53. The molecule has 0 bridgehead atoms. The van der Waals surface area contributed by atoms with Crippen LogP contribution in [0, 0.1) is 11.8 Å². The topological polar surface area (TPSA) is 29.5 Å². The SMILES string of the molecule is CC1=CC(C)CC(C(O)Cc2cc(Br)cc3c2OCC3)C1. The van der Waals surface area contributed by atoms with Crippen molar-refractivity contribution in [3.63, 3.8) is 0 Å². The molecule has 0 radical (unpaired) electrons. The van der Waals surface area contributed by atoms with E-state index < -0.39 is 0 Å². The van der Waals surface area contributed by atoms with E-state index in [-0.39, 0.29) is 6.10 Å². The van der Waals surface area contributed by atoms with E-state index in [0.717, 1.165) is 41.7 Å². The van der Waals surface area contributed by atoms with Gasteiger partial charge in [0, 0.05) is 17.3 Å². The fourth-order valence-corrected chi connectivity index (χ4v) is 4.33. The van der Waals surface area contributed by atoms with Crippen molar-refractivity contribution in [2.75, 3.05) is 6.61 Å². The van der Waals surface area contributed by atoms with Crippen molar-refractivity contribution in [1.82, 2.24) is 0 Å². The van der Waals surface area contributed by atoms with Gasteiger partial charge in [0.05, 0.1) is 12.7 Å². The van der Waals surface area contributed by atoms with Crippen molar-refractivity contribution < 1.29 is 9.84 Å². The molecule has 3 rings (SSSR count). The molecule has 0 saturated carbocycles. The Morgan fingerprint density at radius 1 is 1.43 bits per heavy atom. The smallest absolute Gasteiger partial charge is 0.125 e. The molecular weight excluding hydrogens is 328 g/mol. The summed E-state index contributed by atoms with van der Waals surface area (Å²) in [6, 6.07) is 4.23. The molecular formula is C18H23BrO2. The molecule has 2 aliphatic rings. The van der Waals surface area contributed by atoms with E-state index in [2.05, 4.69) is 48.0 Å². The summed E-state index contributed by atoms with van der Waals surface area (Å²) in [7, 11) is 0. The molecule has 2 nitrogen and oxygen atoms in total. The number of allylic oxidation sites excluding steroid dienone is 2. The van der Waals surface area contributed by atoms with Crippen LogP contribution in [0.1, 0.15) is 37.8 Å². The molecule has 3 heteroatoms. The molecule has 0 spiro atoms. The summed E-state index contributed by atoms with van der Waals surface area (Å²) in [4.78, 5) is 0. The average molecular weight is 351 g/mol. The Morgan fingerprint density at radius 3 is 3.00 bits per heavy atom. The van der Waals surface area contributed by atoms with Crippen LogP contribution in [0.2, 0.25) is 0 Å². The first-order valence-corrected chi connectivity index (χ1v) is 8.61. The molecule has 1 aromatic carbocycles. The molecule has 1 aliphatic heterocycles. The van der Waals surface area contributed by atoms with Gasteiger partial charge in [0.25, 0.3) is 0 Å². The highest BCUT2D eigenvalue weighted by molar-refractivity contribution is 9.10. The normalized spacial score (nSPS) is 26.0. The molecule has 1 aliphatic carbocycles. The van der Waals surface area contributed by atoms with Crippen molar-refractivity contribution >= 4 is 15.9 Å². The number of hydrogen-bond donors (Lipinski definition) is 1. The van der Waals surface area contributed by atoms with Crippen LogP contribution in [0.15, 0.2) is 28.3 Å². The molecule has 3 unspecified atom stereocenters. The third-order valence-electron chi connectivity index (χ3n) is 4.63. The standard InChI is InChI=1S/C18H23BrO2/c1-11-5-12(2)7-14(6-11)17(20)10-15-9-16(19)8-13-3-4-21-18(13)15/h5,8-9,11,14,17,20H,3-4,6-7,10H2,1-2H3. The van der Waals surface area contributed by atoms with Crippen LogP contribution < -0.4 is 4.74 Å². The van der Waals surface area contributed by atoms with Gasteiger partial charge in [-0.05, 0) is 54.9 Å². The Morgan fingerprint density at radius 2 is 2.24 bits per heavy atom. The van der Waals surface area contributed by atoms with Crippen LogP contribution in [0.25, 0.3) is 0 Å². The number of benzene rings is 1. The summed E-state index contributed by atoms with van der Waals surface area (Å²) < 4.78 is 6.86. The second kappa shape index (κ2) is 6.13. The van der Waals surface area contributed by atoms with E-state index in [0.29, 0.717) is 18.3 Å². The molecule has 0 fully saturated rings. The molecule has 1 heterocycles. The van der Waals surface area contributed by atoms with Gasteiger partial charge in [-0.1, -0.05) is 34.5 Å². The van der Waals surface area contributed by atoms with E-state index in [1.807, 2.05) is 0 Å². The third-order valence-corrected chi connectivity index (χ3v) is 5.08. The van der Waals surface area contributed by atoms with E-state index in [1.165, 1.54) is 11.1 Å². The van der Waals surface area contributed by atoms with Crippen LogP contribution in [0.3, 0.4) is 0 Å². The summed E-state index contributed by atoms with van der Waals surface area (Å²) in [5.74, 6) is 1.94. The van der Waals surface area contributed by atoms with Gasteiger partial charge in [0.15, 0.2) is 0 Å². The fraction of sp³-hybridized carbons (Fsp3) is 0.556. The number of halogens is 1. The van der Waals surface area contributed by atoms with Gasteiger partial charge in [-0.15, -0.1) is 0 Å². The molecule has 1 aromatic rings. The lowest BCUT2D eigenvalue weighted by molar-refractivity contribution is 0.0926. The van der Waals surface area contributed by atoms with Gasteiger partial charge in [-0.2, -0.15) is 0 Å². The molecule has 1 N–H and O–H groups in total. The lowest BCUT2D eigenvalue weighted by Gasteiger charge is -2.29. The maximum absolute atomic E-state index is 10.7. The number of ether oxygens (including phenoxy) is 1. The van der Waals surface area contributed by atoms with Gasteiger partial charge in [0.1, 0.15) is 5.75 Å². The molecule has 21 heavy (non-hydrogen) atoms. The maximum atomic E-state index is 10.7. The number of fused-ring (bicyclic) bond motifs is 1. The number of aliphatic hydroxyl groups excluding tert-OH is 1. The second-order valence-electron chi connectivity index (χ2n) is 6.61. The number of hydrogen-bond acceptors (Lipinski definition) is 2. The zero-order valence-corrected chi connectivity index (χ0v) is 14.3. The number of aliphatic hydroxyl groups is 1. The van der Waals surface area contributed by atoms with Crippen LogP contribution in [0.5, 0.6) is 5.75 Å². The van der Waals surface area contributed by atoms with Gasteiger partial charge in [-0.25, -0.2) is 0 Å². The van der Waals surface area contributed by atoms with Gasteiger partial charge < -0.3 is 9.84 Å². The minimum Gasteiger partial charge on any atom is -0.493 e. The zero-order valence-electron chi connectivity index (χ0n) is 12.7. The Hall–Kier alpha value is -0.800. The Balaban J connectivity index is 1.76. The van der Waals surface area contributed by atoms with Gasteiger partial charge >= 0.3 is 0 Å².